The van der Waals surface area contributed by atoms with Crippen LogP contribution in [0.5, 0.6) is 5.75 Å². The standard InChI is InChI=1S/C16H12N2O4/c1-17-13-7-6-10(9-14(13)18(20)21)8-12-11-4-2-3-5-15(11)22-16(12)19/h2-9,17H,1H3/b12-8+. The number of nitrogens with zero attached hydrogens (tertiary/aromatic N) is 1. The van der Waals surface area contributed by atoms with Crippen molar-refractivity contribution in [3.8, 4) is 5.75 Å². The largest absolute Gasteiger partial charge is 0.422 e. The first-order valence-corrected chi connectivity index (χ1v) is 6.59. The second-order valence-electron chi connectivity index (χ2n) is 4.73. The molecule has 1 aliphatic heterocycles. The van der Waals surface area contributed by atoms with Gasteiger partial charge in [-0.3, -0.25) is 10.1 Å². The molecule has 0 radical (unpaired) electrons. The van der Waals surface area contributed by atoms with Gasteiger partial charge in [-0.15, -0.1) is 0 Å². The summed E-state index contributed by atoms with van der Waals surface area (Å²) in [5.41, 5.74) is 2.02. The van der Waals surface area contributed by atoms with Crippen molar-refractivity contribution in [1.82, 2.24) is 0 Å². The van der Waals surface area contributed by atoms with E-state index in [1.54, 1.807) is 49.5 Å². The van der Waals surface area contributed by atoms with E-state index in [9.17, 15) is 14.9 Å². The lowest BCUT2D eigenvalue weighted by molar-refractivity contribution is -0.383. The van der Waals surface area contributed by atoms with Gasteiger partial charge in [-0.1, -0.05) is 24.3 Å². The van der Waals surface area contributed by atoms with Crippen molar-refractivity contribution in [2.24, 2.45) is 0 Å². The summed E-state index contributed by atoms with van der Waals surface area (Å²) in [5, 5.41) is 13.9. The molecule has 0 spiro atoms. The molecular weight excluding hydrogens is 284 g/mol. The van der Waals surface area contributed by atoms with Gasteiger partial charge in [0, 0.05) is 18.7 Å². The molecule has 6 heteroatoms. The Morgan fingerprint density at radius 2 is 2.00 bits per heavy atom. The van der Waals surface area contributed by atoms with Gasteiger partial charge in [0.25, 0.3) is 5.69 Å². The molecule has 0 unspecified atom stereocenters. The average Bonchev–Trinajstić information content (AvgIpc) is 2.83. The molecule has 0 amide bonds. The van der Waals surface area contributed by atoms with Crippen molar-refractivity contribution in [2.75, 3.05) is 12.4 Å². The molecule has 1 N–H and O–H groups in total. The molecule has 2 aromatic rings. The fraction of sp³-hybridized carbons (Fsp3) is 0.0625. The van der Waals surface area contributed by atoms with Crippen molar-refractivity contribution in [2.45, 2.75) is 0 Å². The van der Waals surface area contributed by atoms with Gasteiger partial charge in [-0.2, -0.15) is 0 Å². The molecule has 3 rings (SSSR count). The van der Waals surface area contributed by atoms with Crippen molar-refractivity contribution in [3.63, 3.8) is 0 Å². The Kier molecular flexibility index (Phi) is 3.34. The Balaban J connectivity index is 2.08. The van der Waals surface area contributed by atoms with Crippen LogP contribution >= 0.6 is 0 Å². The smallest absolute Gasteiger partial charge is 0.344 e. The molecule has 0 atom stereocenters. The molecule has 0 bridgehead atoms. The normalized spacial score (nSPS) is 14.6. The Morgan fingerprint density at radius 3 is 2.73 bits per heavy atom. The number of anilines is 1. The molecule has 0 saturated heterocycles. The van der Waals surface area contributed by atoms with Crippen LogP contribution in [0, 0.1) is 10.1 Å². The van der Waals surface area contributed by atoms with Crippen molar-refractivity contribution < 1.29 is 14.5 Å². The van der Waals surface area contributed by atoms with Crippen molar-refractivity contribution >= 4 is 29.0 Å². The lowest BCUT2D eigenvalue weighted by Gasteiger charge is -2.03. The average molecular weight is 296 g/mol. The Hall–Kier alpha value is -3.15. The number of nitro benzene ring substituents is 1. The summed E-state index contributed by atoms with van der Waals surface area (Å²) in [6.45, 7) is 0. The lowest BCUT2D eigenvalue weighted by atomic mass is 10.0. The quantitative estimate of drug-likeness (QED) is 0.309. The van der Waals surface area contributed by atoms with E-state index in [0.29, 0.717) is 28.1 Å². The molecule has 0 saturated carbocycles. The molecule has 0 aliphatic carbocycles. The van der Waals surface area contributed by atoms with Crippen LogP contribution < -0.4 is 10.1 Å². The summed E-state index contributed by atoms with van der Waals surface area (Å²) < 4.78 is 5.16. The fourth-order valence-corrected chi connectivity index (χ4v) is 2.35. The highest BCUT2D eigenvalue weighted by Gasteiger charge is 2.26. The maximum atomic E-state index is 11.9. The number of carbonyl (C=O) groups is 1. The predicted molar refractivity (Wildman–Crippen MR) is 82.6 cm³/mol. The first-order chi connectivity index (χ1) is 10.6. The van der Waals surface area contributed by atoms with E-state index >= 15 is 0 Å². The van der Waals surface area contributed by atoms with Gasteiger partial charge in [0.05, 0.1) is 10.5 Å². The SMILES string of the molecule is CNc1ccc(/C=C2/C(=O)Oc3ccccc32)cc1[N+](=O)[O-]. The predicted octanol–water partition coefficient (Wildman–Crippen LogP) is 3.10. The third-order valence-corrected chi connectivity index (χ3v) is 3.40. The summed E-state index contributed by atoms with van der Waals surface area (Å²) in [7, 11) is 1.62. The minimum absolute atomic E-state index is 0.0449. The van der Waals surface area contributed by atoms with Crippen LogP contribution in [0.25, 0.3) is 11.6 Å². The number of ether oxygens (including phenoxy) is 1. The number of esters is 1. The van der Waals surface area contributed by atoms with Gasteiger partial charge in [0.15, 0.2) is 0 Å². The molecule has 1 aliphatic rings. The summed E-state index contributed by atoms with van der Waals surface area (Å²) >= 11 is 0. The van der Waals surface area contributed by atoms with Crippen LogP contribution in [-0.4, -0.2) is 17.9 Å². The molecule has 1 heterocycles. The van der Waals surface area contributed by atoms with Crippen molar-refractivity contribution in [3.05, 3.63) is 63.7 Å². The highest BCUT2D eigenvalue weighted by atomic mass is 16.6. The second kappa shape index (κ2) is 5.33. The minimum atomic E-state index is -0.464. The first kappa shape index (κ1) is 13.8. The number of rotatable bonds is 3. The van der Waals surface area contributed by atoms with E-state index in [2.05, 4.69) is 5.32 Å². The molecule has 6 nitrogen and oxygen atoms in total. The Morgan fingerprint density at radius 1 is 1.23 bits per heavy atom. The number of nitrogens with one attached hydrogen (secondary N) is 1. The van der Waals surface area contributed by atoms with Crippen LogP contribution in [0.4, 0.5) is 11.4 Å². The third kappa shape index (κ3) is 2.31. The topological polar surface area (TPSA) is 81.5 Å². The number of carbonyl (C=O) groups excluding carboxylic acids is 1. The van der Waals surface area contributed by atoms with Crippen LogP contribution in [0.2, 0.25) is 0 Å². The van der Waals surface area contributed by atoms with Gasteiger partial charge < -0.3 is 10.1 Å². The highest BCUT2D eigenvalue weighted by Crippen LogP contribution is 2.35. The lowest BCUT2D eigenvalue weighted by Crippen LogP contribution is -2.00. The fourth-order valence-electron chi connectivity index (χ4n) is 2.35. The van der Waals surface area contributed by atoms with Crippen LogP contribution in [0.15, 0.2) is 42.5 Å². The highest BCUT2D eigenvalue weighted by molar-refractivity contribution is 6.26. The van der Waals surface area contributed by atoms with E-state index in [4.69, 9.17) is 4.74 Å². The van der Waals surface area contributed by atoms with Crippen molar-refractivity contribution in [1.29, 1.82) is 0 Å². The first-order valence-electron chi connectivity index (χ1n) is 6.59. The summed E-state index contributed by atoms with van der Waals surface area (Å²) in [5.74, 6) is 0.0432. The maximum Gasteiger partial charge on any atom is 0.344 e. The van der Waals surface area contributed by atoms with E-state index in [1.165, 1.54) is 6.07 Å². The number of benzene rings is 2. The van der Waals surface area contributed by atoms with Gasteiger partial charge in [0.1, 0.15) is 11.4 Å². The second-order valence-corrected chi connectivity index (χ2v) is 4.73. The number of para-hydroxylation sites is 1. The molecule has 110 valence electrons. The van der Waals surface area contributed by atoms with E-state index in [-0.39, 0.29) is 5.69 Å². The molecule has 0 aromatic heterocycles. The summed E-state index contributed by atoms with van der Waals surface area (Å²) in [6.07, 6.45) is 1.60. The zero-order chi connectivity index (χ0) is 15.7. The number of fused-ring (bicyclic) bond motifs is 1. The zero-order valence-electron chi connectivity index (χ0n) is 11.7. The Labute approximate surface area is 126 Å². The number of hydrogen-bond donors (Lipinski definition) is 1. The minimum Gasteiger partial charge on any atom is -0.422 e. The van der Waals surface area contributed by atoms with Gasteiger partial charge in [-0.25, -0.2) is 4.79 Å². The molecule has 0 fully saturated rings. The van der Waals surface area contributed by atoms with Gasteiger partial charge in [-0.05, 0) is 23.8 Å². The van der Waals surface area contributed by atoms with E-state index in [0.717, 1.165) is 0 Å². The van der Waals surface area contributed by atoms with Gasteiger partial charge >= 0.3 is 5.97 Å². The Bertz CT molecular complexity index is 812. The van der Waals surface area contributed by atoms with E-state index in [1.807, 2.05) is 0 Å². The molecular formula is C16H12N2O4. The zero-order valence-corrected chi connectivity index (χ0v) is 11.7. The number of hydrogen-bond acceptors (Lipinski definition) is 5. The molecule has 2 aromatic carbocycles. The summed E-state index contributed by atoms with van der Waals surface area (Å²) in [4.78, 5) is 22.6. The third-order valence-electron chi connectivity index (χ3n) is 3.40. The van der Waals surface area contributed by atoms with Crippen LogP contribution in [-0.2, 0) is 4.79 Å². The van der Waals surface area contributed by atoms with E-state index < -0.39 is 10.9 Å². The maximum absolute atomic E-state index is 11.9. The van der Waals surface area contributed by atoms with Gasteiger partial charge in [0.2, 0.25) is 0 Å². The number of nitro groups is 1. The van der Waals surface area contributed by atoms with Crippen LogP contribution in [0.1, 0.15) is 11.1 Å². The van der Waals surface area contributed by atoms with Crippen LogP contribution in [0.3, 0.4) is 0 Å². The monoisotopic (exact) mass is 296 g/mol. The molecule has 22 heavy (non-hydrogen) atoms. The summed E-state index contributed by atoms with van der Waals surface area (Å²) in [6, 6.07) is 11.8.